The van der Waals surface area contributed by atoms with Crippen LogP contribution in [0.3, 0.4) is 0 Å². The minimum atomic E-state index is -0.890. The molecule has 7 heteroatoms. The molecular weight excluding hydrogens is 749 g/mol. The van der Waals surface area contributed by atoms with Crippen molar-refractivity contribution >= 4 is 26.9 Å². The van der Waals surface area contributed by atoms with Gasteiger partial charge in [0.15, 0.2) is 0 Å². The molecule has 0 radical (unpaired) electrons. The summed E-state index contributed by atoms with van der Waals surface area (Å²) in [5.41, 5.74) is 9.93. The molecule has 1 unspecified atom stereocenters. The van der Waals surface area contributed by atoms with Crippen LogP contribution in [0.5, 0.6) is 0 Å². The topological polar surface area (TPSA) is 121 Å². The number of carboxylic acid groups (broad SMARTS) is 2. The first-order valence-corrected chi connectivity index (χ1v) is 25.6. The Morgan fingerprint density at radius 2 is 1.45 bits per heavy atom. The molecule has 0 bridgehead atoms. The fourth-order valence-corrected chi connectivity index (χ4v) is 10.3. The van der Waals surface area contributed by atoms with Crippen LogP contribution in [-0.2, 0) is 9.59 Å². The molecule has 55 heavy (non-hydrogen) atoms. The third-order valence-corrected chi connectivity index (χ3v) is 14.1. The Balaban J connectivity index is 0.000000480. The first kappa shape index (κ1) is 51.6. The molecule has 0 aromatic carbocycles. The summed E-state index contributed by atoms with van der Waals surface area (Å²) in [6.07, 6.45) is 36.1. The Bertz CT molecular complexity index is 1120. The second-order valence-electron chi connectivity index (χ2n) is 17.9. The van der Waals surface area contributed by atoms with E-state index in [1.54, 1.807) is 5.57 Å². The summed E-state index contributed by atoms with van der Waals surface area (Å²) in [4.78, 5) is 20.4. The number of hydrogen-bond donors (Lipinski definition) is 4. The summed E-state index contributed by atoms with van der Waals surface area (Å²) in [5.74, 6) is 3.90. The summed E-state index contributed by atoms with van der Waals surface area (Å²) in [6, 6.07) is -0.646. The molecule has 0 aliphatic heterocycles. The fraction of sp³-hybridized carbons (Fsp3) is 0.833. The van der Waals surface area contributed by atoms with E-state index < -0.39 is 18.0 Å². The van der Waals surface area contributed by atoms with Crippen LogP contribution in [0.15, 0.2) is 35.5 Å². The number of fused-ring (bicyclic) bond motifs is 1. The van der Waals surface area contributed by atoms with Crippen LogP contribution in [0.2, 0.25) is 11.1 Å². The number of aliphatic carboxylic acids is 2. The molecule has 0 aromatic heterocycles. The second kappa shape index (κ2) is 30.6. The fourth-order valence-electron chi connectivity index (χ4n) is 9.32. The van der Waals surface area contributed by atoms with Crippen LogP contribution in [0.1, 0.15) is 202 Å². The molecule has 0 heterocycles. The van der Waals surface area contributed by atoms with E-state index in [2.05, 4.69) is 59.2 Å². The predicted octanol–water partition coefficient (Wildman–Crippen LogP) is 13.1. The van der Waals surface area contributed by atoms with Crippen LogP contribution in [-0.4, -0.2) is 54.4 Å². The van der Waals surface area contributed by atoms with Gasteiger partial charge in [0, 0.05) is 6.42 Å². The predicted molar refractivity (Wildman–Crippen MR) is 236 cm³/mol. The van der Waals surface area contributed by atoms with E-state index in [4.69, 9.17) is 15.9 Å². The van der Waals surface area contributed by atoms with Crippen LogP contribution in [0, 0.1) is 29.1 Å². The van der Waals surface area contributed by atoms with Gasteiger partial charge in [-0.3, -0.25) is 4.79 Å². The molecule has 3 aliphatic rings. The molecule has 6 atom stereocenters. The minimum absolute atomic E-state index is 0.172. The van der Waals surface area contributed by atoms with Crippen LogP contribution in [0.25, 0.3) is 0 Å². The zero-order valence-electron chi connectivity index (χ0n) is 36.6. The normalized spacial score (nSPS) is 24.8. The number of rotatable bonds is 24. The van der Waals surface area contributed by atoms with Gasteiger partial charge in [-0.25, -0.2) is 0 Å². The van der Waals surface area contributed by atoms with E-state index in [-0.39, 0.29) is 6.10 Å². The van der Waals surface area contributed by atoms with Crippen molar-refractivity contribution in [2.75, 3.05) is 0 Å². The third kappa shape index (κ3) is 22.4. The Morgan fingerprint density at radius 1 is 0.855 bits per heavy atom. The number of aliphatic hydroxyl groups is 1. The number of nitrogens with two attached hydrogens (primary N) is 1. The van der Waals surface area contributed by atoms with Crippen LogP contribution < -0.4 is 5.73 Å². The molecule has 0 saturated heterocycles. The maximum atomic E-state index is 10.3. The van der Waals surface area contributed by atoms with E-state index in [0.29, 0.717) is 33.2 Å². The zero-order chi connectivity index (χ0) is 41.1. The number of unbranched alkanes of at least 4 members (excludes halogenated alkanes) is 12. The van der Waals surface area contributed by atoms with Crippen molar-refractivity contribution in [2.45, 2.75) is 225 Å². The Hall–Kier alpha value is -1.40. The van der Waals surface area contributed by atoms with Crippen molar-refractivity contribution in [3.05, 3.63) is 35.5 Å². The molecule has 0 amide bonds. The van der Waals surface area contributed by atoms with Crippen molar-refractivity contribution in [1.82, 2.24) is 0 Å². The first-order chi connectivity index (χ1) is 26.3. The van der Waals surface area contributed by atoms with E-state index in [9.17, 15) is 14.7 Å². The van der Waals surface area contributed by atoms with Gasteiger partial charge in [-0.2, -0.15) is 0 Å². The van der Waals surface area contributed by atoms with Crippen molar-refractivity contribution in [3.8, 4) is 0 Å². The molecule has 6 nitrogen and oxygen atoms in total. The summed E-state index contributed by atoms with van der Waals surface area (Å²) < 4.78 is 0. The standard InChI is InChI=1S/C27H44O.C16H32O2.C5H11NO2Se/c1-19(2)8-6-9-21(4)25-15-16-26-22(10-7-17-27(25,26)5)12-13-23-18-24(28)14-11-20(23)3;1-2-3-4-5-6-7-8-9-10-11-12-13-14-15-16(17)18;1-9-3-2-4(6)5(7)8/h12-13,19,21,24-26,28H,3,6-11,14-18H2,1-2,4-5H3;2-15H2,1H3,(H,17,18);4H,2-3,6H2,1H3,(H,7,8)/b22-12+,23-13-;;/t21-,24+,25-,26+,27-;;/m1../s1. The van der Waals surface area contributed by atoms with Gasteiger partial charge in [0.2, 0.25) is 0 Å². The maximum absolute atomic E-state index is 10.3. The third-order valence-electron chi connectivity index (χ3n) is 12.8. The van der Waals surface area contributed by atoms with Gasteiger partial charge in [-0.1, -0.05) is 161 Å². The molecular formula is C48H87NO5Se. The Morgan fingerprint density at radius 3 is 2.00 bits per heavy atom. The van der Waals surface area contributed by atoms with Crippen LogP contribution in [0.4, 0.5) is 0 Å². The summed E-state index contributed by atoms with van der Waals surface area (Å²) in [5, 5.41) is 27.8. The molecule has 0 spiro atoms. The SMILES string of the molecule is C=C1CC[C@H](O)C/C1=C/C=C1\CCC[C@]2(C)[C@@H]([C@H](C)CCCC(C)C)CC[C@@H]12.CCCCCCCCCCCCCCCC(=O)O.C[Se]CCC(N)C(=O)O. The van der Waals surface area contributed by atoms with E-state index in [1.165, 1.54) is 133 Å². The van der Waals surface area contributed by atoms with Gasteiger partial charge < -0.3 is 10.2 Å². The van der Waals surface area contributed by atoms with Gasteiger partial charge in [0.1, 0.15) is 0 Å². The first-order valence-electron chi connectivity index (χ1n) is 22.7. The number of carbonyl (C=O) groups is 2. The van der Waals surface area contributed by atoms with Crippen molar-refractivity contribution in [1.29, 1.82) is 0 Å². The molecule has 3 aliphatic carbocycles. The molecule has 3 fully saturated rings. The molecule has 5 N–H and O–H groups in total. The van der Waals surface area contributed by atoms with Gasteiger partial charge in [0.05, 0.1) is 6.10 Å². The number of carboxylic acids is 2. The molecule has 0 aromatic rings. The summed E-state index contributed by atoms with van der Waals surface area (Å²) in [6.45, 7) is 16.3. The van der Waals surface area contributed by atoms with Crippen LogP contribution >= 0.6 is 0 Å². The van der Waals surface area contributed by atoms with Crippen molar-refractivity contribution in [2.24, 2.45) is 34.8 Å². The van der Waals surface area contributed by atoms with E-state index >= 15 is 0 Å². The molecule has 3 rings (SSSR count). The Labute approximate surface area is 345 Å². The van der Waals surface area contributed by atoms with E-state index in [0.717, 1.165) is 61.1 Å². The molecule has 320 valence electrons. The van der Waals surface area contributed by atoms with Gasteiger partial charge in [0.25, 0.3) is 0 Å². The summed E-state index contributed by atoms with van der Waals surface area (Å²) in [7, 11) is 0. The average Bonchev–Trinajstić information content (AvgIpc) is 3.50. The second-order valence-corrected chi connectivity index (χ2v) is 20.0. The molecule has 3 saturated carbocycles. The number of allylic oxidation sites excluding steroid dienone is 4. The van der Waals surface area contributed by atoms with Gasteiger partial charge in [-0.05, 0) is 92.4 Å². The number of hydrogen-bond acceptors (Lipinski definition) is 4. The van der Waals surface area contributed by atoms with Crippen molar-refractivity contribution in [3.63, 3.8) is 0 Å². The van der Waals surface area contributed by atoms with Gasteiger partial charge in [-0.15, -0.1) is 0 Å². The quantitative estimate of drug-likeness (QED) is 0.0567. The zero-order valence-corrected chi connectivity index (χ0v) is 38.3. The van der Waals surface area contributed by atoms with E-state index in [1.807, 2.05) is 0 Å². The monoisotopic (exact) mass is 838 g/mol. The van der Waals surface area contributed by atoms with Gasteiger partial charge >= 0.3 is 66.1 Å². The number of aliphatic hydroxyl groups excluding tert-OH is 1. The van der Waals surface area contributed by atoms with Crippen molar-refractivity contribution < 1.29 is 24.9 Å². The Kier molecular flexibility index (Phi) is 28.8. The summed E-state index contributed by atoms with van der Waals surface area (Å²) >= 11 is 0.549. The average molecular weight is 837 g/mol.